The van der Waals surface area contributed by atoms with Gasteiger partial charge in [-0.15, -0.1) is 0 Å². The molecule has 0 fully saturated rings. The molecular formula is C23H24FN3O3S. The maximum Gasteiger partial charge on any atom is 0.253 e. The summed E-state index contributed by atoms with van der Waals surface area (Å²) in [5.41, 5.74) is 3.35. The van der Waals surface area contributed by atoms with Crippen LogP contribution in [0, 0.1) is 12.7 Å². The van der Waals surface area contributed by atoms with E-state index >= 15 is 0 Å². The Labute approximate surface area is 180 Å². The van der Waals surface area contributed by atoms with Crippen molar-refractivity contribution >= 4 is 10.0 Å². The Morgan fingerprint density at radius 2 is 1.94 bits per heavy atom. The monoisotopic (exact) mass is 441 g/mol. The topological polar surface area (TPSA) is 81.1 Å². The lowest BCUT2D eigenvalue weighted by molar-refractivity contribution is 0.313. The van der Waals surface area contributed by atoms with Crippen molar-refractivity contribution in [2.75, 3.05) is 6.26 Å². The number of nitrogens with zero attached hydrogens (tertiary/aromatic N) is 2. The van der Waals surface area contributed by atoms with Gasteiger partial charge in [0.05, 0.1) is 18.0 Å². The van der Waals surface area contributed by atoms with E-state index in [9.17, 15) is 17.6 Å². The zero-order chi connectivity index (χ0) is 22.2. The summed E-state index contributed by atoms with van der Waals surface area (Å²) in [5, 5.41) is 0. The number of fused-ring (bicyclic) bond motifs is 1. The van der Waals surface area contributed by atoms with Crippen molar-refractivity contribution in [3.8, 4) is 11.3 Å². The van der Waals surface area contributed by atoms with Gasteiger partial charge in [-0.2, -0.15) is 0 Å². The number of aromatic nitrogens is 2. The van der Waals surface area contributed by atoms with Crippen LogP contribution in [0.15, 0.2) is 59.4 Å². The summed E-state index contributed by atoms with van der Waals surface area (Å²) in [5.74, 6) is -0.342. The lowest BCUT2D eigenvalue weighted by atomic mass is 9.92. The number of halogens is 1. The Morgan fingerprint density at radius 3 is 2.68 bits per heavy atom. The number of hydrogen-bond donors (Lipinski definition) is 1. The molecule has 3 heterocycles. The van der Waals surface area contributed by atoms with Gasteiger partial charge in [0.25, 0.3) is 5.56 Å². The Kier molecular flexibility index (Phi) is 5.77. The van der Waals surface area contributed by atoms with E-state index in [0.717, 1.165) is 11.9 Å². The molecule has 0 bridgehead atoms. The van der Waals surface area contributed by atoms with E-state index in [2.05, 4.69) is 9.71 Å². The molecule has 0 radical (unpaired) electrons. The zero-order valence-electron chi connectivity index (χ0n) is 17.4. The minimum atomic E-state index is -3.46. The van der Waals surface area contributed by atoms with Crippen molar-refractivity contribution < 1.29 is 12.8 Å². The van der Waals surface area contributed by atoms with Crippen LogP contribution in [0.3, 0.4) is 0 Å². The lowest BCUT2D eigenvalue weighted by Crippen LogP contribution is -2.48. The van der Waals surface area contributed by atoms with Gasteiger partial charge in [-0.3, -0.25) is 9.78 Å². The normalized spacial score (nSPS) is 18.5. The van der Waals surface area contributed by atoms with Crippen molar-refractivity contribution in [3.63, 3.8) is 0 Å². The highest BCUT2D eigenvalue weighted by Crippen LogP contribution is 2.28. The van der Waals surface area contributed by atoms with Gasteiger partial charge >= 0.3 is 0 Å². The summed E-state index contributed by atoms with van der Waals surface area (Å²) in [6.07, 6.45) is 2.69. The Bertz CT molecular complexity index is 1290. The summed E-state index contributed by atoms with van der Waals surface area (Å²) >= 11 is 0. The van der Waals surface area contributed by atoms with E-state index < -0.39 is 22.1 Å². The molecule has 0 aliphatic carbocycles. The quantitative estimate of drug-likeness (QED) is 0.660. The smallest absolute Gasteiger partial charge is 0.253 e. The van der Waals surface area contributed by atoms with E-state index in [-0.39, 0.29) is 11.4 Å². The number of aryl methyl sites for hydroxylation is 2. The van der Waals surface area contributed by atoms with E-state index in [1.54, 1.807) is 35.8 Å². The van der Waals surface area contributed by atoms with Crippen LogP contribution in [0.25, 0.3) is 11.3 Å². The Hall–Kier alpha value is -2.84. The van der Waals surface area contributed by atoms with Crippen molar-refractivity contribution in [3.05, 3.63) is 87.7 Å². The minimum absolute atomic E-state index is 0.121. The largest absolute Gasteiger partial charge is 0.307 e. The minimum Gasteiger partial charge on any atom is -0.307 e. The van der Waals surface area contributed by atoms with Crippen molar-refractivity contribution in [2.24, 2.45) is 0 Å². The molecule has 1 aliphatic heterocycles. The number of rotatable bonds is 5. The average Bonchev–Trinajstić information content (AvgIpc) is 2.71. The summed E-state index contributed by atoms with van der Waals surface area (Å²) in [6, 6.07) is 14.6. The Balaban J connectivity index is 1.75. The fourth-order valence-corrected chi connectivity index (χ4v) is 5.02. The number of benzene rings is 1. The SMILES string of the molecule is Cc1ccc2n(c1=O)[C@@H](Cc1cccc(-c3cccc(F)c3)n1)[C@@H](NS(C)(=O)=O)CC2. The summed E-state index contributed by atoms with van der Waals surface area (Å²) in [6.45, 7) is 1.75. The van der Waals surface area contributed by atoms with Crippen LogP contribution in [0.4, 0.5) is 4.39 Å². The molecule has 0 saturated carbocycles. The molecule has 0 saturated heterocycles. The van der Waals surface area contributed by atoms with Crippen LogP contribution < -0.4 is 10.3 Å². The van der Waals surface area contributed by atoms with Crippen molar-refractivity contribution in [1.82, 2.24) is 14.3 Å². The molecule has 1 N–H and O–H groups in total. The maximum atomic E-state index is 13.7. The van der Waals surface area contributed by atoms with Crippen LogP contribution in [-0.4, -0.2) is 30.3 Å². The third kappa shape index (κ3) is 4.75. The molecular weight excluding hydrogens is 417 g/mol. The highest BCUT2D eigenvalue weighted by Gasteiger charge is 2.32. The highest BCUT2D eigenvalue weighted by atomic mass is 32.2. The number of pyridine rings is 2. The van der Waals surface area contributed by atoms with Gasteiger partial charge in [-0.05, 0) is 50.1 Å². The molecule has 1 aliphatic rings. The summed E-state index contributed by atoms with van der Waals surface area (Å²) < 4.78 is 42.0. The molecule has 8 heteroatoms. The van der Waals surface area contributed by atoms with E-state index in [1.165, 1.54) is 12.1 Å². The Morgan fingerprint density at radius 1 is 1.16 bits per heavy atom. The van der Waals surface area contributed by atoms with Crippen LogP contribution in [0.5, 0.6) is 0 Å². The molecule has 3 aromatic rings. The van der Waals surface area contributed by atoms with Crippen molar-refractivity contribution in [2.45, 2.75) is 38.3 Å². The van der Waals surface area contributed by atoms with Crippen LogP contribution >= 0.6 is 0 Å². The highest BCUT2D eigenvalue weighted by molar-refractivity contribution is 7.88. The van der Waals surface area contributed by atoms with Gasteiger partial charge in [0.2, 0.25) is 10.0 Å². The third-order valence-corrected chi connectivity index (χ3v) is 6.34. The first-order valence-corrected chi connectivity index (χ1v) is 12.0. The summed E-state index contributed by atoms with van der Waals surface area (Å²) in [7, 11) is -3.46. The van der Waals surface area contributed by atoms with E-state index in [4.69, 9.17) is 0 Å². The number of nitrogens with one attached hydrogen (secondary N) is 1. The predicted octanol–water partition coefficient (Wildman–Crippen LogP) is 3.01. The first kappa shape index (κ1) is 21.4. The molecule has 162 valence electrons. The van der Waals surface area contributed by atoms with Gasteiger partial charge < -0.3 is 4.57 Å². The number of sulfonamides is 1. The molecule has 31 heavy (non-hydrogen) atoms. The van der Waals surface area contributed by atoms with Crippen LogP contribution in [-0.2, 0) is 22.9 Å². The lowest BCUT2D eigenvalue weighted by Gasteiger charge is -2.35. The first-order chi connectivity index (χ1) is 14.7. The van der Waals surface area contributed by atoms with E-state index in [0.29, 0.717) is 41.8 Å². The second-order valence-electron chi connectivity index (χ2n) is 8.01. The zero-order valence-corrected chi connectivity index (χ0v) is 18.2. The molecule has 0 unspecified atom stereocenters. The second kappa shape index (κ2) is 8.36. The van der Waals surface area contributed by atoms with Gasteiger partial charge in [0, 0.05) is 35.0 Å². The average molecular weight is 442 g/mol. The second-order valence-corrected chi connectivity index (χ2v) is 9.79. The van der Waals surface area contributed by atoms with E-state index in [1.807, 2.05) is 18.2 Å². The molecule has 2 atom stereocenters. The fourth-order valence-electron chi connectivity index (χ4n) is 4.20. The molecule has 0 spiro atoms. The molecule has 1 aromatic carbocycles. The molecule has 0 amide bonds. The maximum absolute atomic E-state index is 13.7. The number of hydrogen-bond acceptors (Lipinski definition) is 4. The standard InChI is InChI=1S/C23H24FN3O3S/c1-15-9-10-19-11-12-21(26-31(2,29)30)22(27(19)23(15)28)14-18-7-4-8-20(25-18)16-5-3-6-17(24)13-16/h3-10,13,21-22,26H,11-12,14H2,1-2H3/t21-,22-/m0/s1. The molecule has 6 nitrogen and oxygen atoms in total. The van der Waals surface area contributed by atoms with Gasteiger partial charge in [0.1, 0.15) is 5.82 Å². The summed E-state index contributed by atoms with van der Waals surface area (Å²) in [4.78, 5) is 17.6. The molecule has 2 aromatic heterocycles. The van der Waals surface area contributed by atoms with Gasteiger partial charge in [-0.25, -0.2) is 17.5 Å². The molecule has 4 rings (SSSR count). The predicted molar refractivity (Wildman–Crippen MR) is 118 cm³/mol. The van der Waals surface area contributed by atoms with Gasteiger partial charge in [-0.1, -0.05) is 24.3 Å². The van der Waals surface area contributed by atoms with Crippen molar-refractivity contribution in [1.29, 1.82) is 0 Å². The van der Waals surface area contributed by atoms with Crippen LogP contribution in [0.1, 0.15) is 29.4 Å². The first-order valence-electron chi connectivity index (χ1n) is 10.1. The fraction of sp³-hybridized carbons (Fsp3) is 0.304. The van der Waals surface area contributed by atoms with Crippen LogP contribution in [0.2, 0.25) is 0 Å². The van der Waals surface area contributed by atoms with Gasteiger partial charge in [0.15, 0.2) is 0 Å². The third-order valence-electron chi connectivity index (χ3n) is 5.61.